The fourth-order valence-electron chi connectivity index (χ4n) is 1.34. The van der Waals surface area contributed by atoms with Gasteiger partial charge in [0.1, 0.15) is 17.6 Å². The molecule has 6 heteroatoms. The second-order valence-electron chi connectivity index (χ2n) is 3.37. The molecule has 0 saturated heterocycles. The maximum absolute atomic E-state index is 10.8. The Labute approximate surface area is 91.9 Å². The van der Waals surface area contributed by atoms with Gasteiger partial charge in [0.2, 0.25) is 0 Å². The predicted octanol–water partition coefficient (Wildman–Crippen LogP) is 2.02. The van der Waals surface area contributed by atoms with Gasteiger partial charge in [-0.3, -0.25) is 4.57 Å². The van der Waals surface area contributed by atoms with Crippen LogP contribution in [0.15, 0.2) is 40.9 Å². The van der Waals surface area contributed by atoms with Crippen molar-refractivity contribution in [3.8, 4) is 11.3 Å². The van der Waals surface area contributed by atoms with E-state index in [0.29, 0.717) is 5.69 Å². The molecular weight excluding hydrogens is 229 g/mol. The standard InChI is InChI=1S/C10H10NO4P/c12-16(13,14)7-9-6-10(11-15-9)8-4-2-1-3-5-8/h1-6H,7H2,(H2,12,13,14). The molecule has 84 valence electrons. The molecule has 2 N–H and O–H groups in total. The largest absolute Gasteiger partial charge is 0.360 e. The lowest BCUT2D eigenvalue weighted by Gasteiger charge is -1.97. The summed E-state index contributed by atoms with van der Waals surface area (Å²) in [4.78, 5) is 17.5. The molecule has 0 saturated carbocycles. The Morgan fingerprint density at radius 1 is 1.25 bits per heavy atom. The molecule has 0 atom stereocenters. The average Bonchev–Trinajstić information content (AvgIpc) is 2.65. The topological polar surface area (TPSA) is 83.6 Å². The zero-order chi connectivity index (χ0) is 11.6. The Balaban J connectivity index is 2.24. The normalized spacial score (nSPS) is 11.6. The number of hydrogen-bond donors (Lipinski definition) is 2. The highest BCUT2D eigenvalue weighted by Gasteiger charge is 2.18. The monoisotopic (exact) mass is 239 g/mol. The van der Waals surface area contributed by atoms with E-state index in [1.54, 1.807) is 0 Å². The molecule has 5 nitrogen and oxygen atoms in total. The van der Waals surface area contributed by atoms with Crippen LogP contribution in [0.2, 0.25) is 0 Å². The fraction of sp³-hybridized carbons (Fsp3) is 0.100. The van der Waals surface area contributed by atoms with E-state index < -0.39 is 13.8 Å². The van der Waals surface area contributed by atoms with Gasteiger partial charge >= 0.3 is 7.60 Å². The second kappa shape index (κ2) is 4.22. The Morgan fingerprint density at radius 2 is 1.94 bits per heavy atom. The van der Waals surface area contributed by atoms with Crippen molar-refractivity contribution in [2.75, 3.05) is 0 Å². The predicted molar refractivity (Wildman–Crippen MR) is 57.7 cm³/mol. The summed E-state index contributed by atoms with van der Waals surface area (Å²) < 4.78 is 15.6. The molecule has 2 rings (SSSR count). The van der Waals surface area contributed by atoms with Crippen LogP contribution in [-0.2, 0) is 10.7 Å². The van der Waals surface area contributed by atoms with Gasteiger partial charge in [0.15, 0.2) is 0 Å². The van der Waals surface area contributed by atoms with Gasteiger partial charge in [0.05, 0.1) is 0 Å². The van der Waals surface area contributed by atoms with E-state index in [1.807, 2.05) is 30.3 Å². The molecule has 0 spiro atoms. The molecule has 0 amide bonds. The van der Waals surface area contributed by atoms with Crippen LogP contribution in [0.4, 0.5) is 0 Å². The lowest BCUT2D eigenvalue weighted by molar-refractivity contribution is 0.351. The van der Waals surface area contributed by atoms with Crippen LogP contribution >= 0.6 is 7.60 Å². The summed E-state index contributed by atoms with van der Waals surface area (Å²) >= 11 is 0. The molecular formula is C10H10NO4P. The van der Waals surface area contributed by atoms with E-state index in [-0.39, 0.29) is 5.76 Å². The molecule has 0 aliphatic rings. The zero-order valence-corrected chi connectivity index (χ0v) is 9.17. The third-order valence-electron chi connectivity index (χ3n) is 1.99. The van der Waals surface area contributed by atoms with Crippen molar-refractivity contribution in [3.05, 3.63) is 42.2 Å². The van der Waals surface area contributed by atoms with Crippen molar-refractivity contribution in [2.45, 2.75) is 6.16 Å². The van der Waals surface area contributed by atoms with Crippen LogP contribution in [0.1, 0.15) is 5.76 Å². The Hall–Kier alpha value is -1.42. The van der Waals surface area contributed by atoms with Crippen molar-refractivity contribution in [1.82, 2.24) is 5.16 Å². The molecule has 0 unspecified atom stereocenters. The number of aromatic nitrogens is 1. The summed E-state index contributed by atoms with van der Waals surface area (Å²) in [5.74, 6) is 0.187. The van der Waals surface area contributed by atoms with E-state index in [1.165, 1.54) is 6.07 Å². The maximum Gasteiger partial charge on any atom is 0.333 e. The average molecular weight is 239 g/mol. The minimum Gasteiger partial charge on any atom is -0.360 e. The van der Waals surface area contributed by atoms with Gasteiger partial charge < -0.3 is 14.3 Å². The van der Waals surface area contributed by atoms with Crippen molar-refractivity contribution in [3.63, 3.8) is 0 Å². The Bertz CT molecular complexity index is 517. The van der Waals surface area contributed by atoms with E-state index >= 15 is 0 Å². The van der Waals surface area contributed by atoms with E-state index in [4.69, 9.17) is 14.3 Å². The Morgan fingerprint density at radius 3 is 2.56 bits per heavy atom. The van der Waals surface area contributed by atoms with Crippen molar-refractivity contribution in [2.24, 2.45) is 0 Å². The molecule has 0 aliphatic heterocycles. The maximum atomic E-state index is 10.8. The van der Waals surface area contributed by atoms with Crippen LogP contribution in [0, 0.1) is 0 Å². The van der Waals surface area contributed by atoms with E-state index in [0.717, 1.165) is 5.56 Å². The molecule has 0 aliphatic carbocycles. The number of nitrogens with zero attached hydrogens (tertiary/aromatic N) is 1. The molecule has 0 radical (unpaired) electrons. The molecule has 1 heterocycles. The first-order valence-corrected chi connectivity index (χ1v) is 6.40. The zero-order valence-electron chi connectivity index (χ0n) is 8.28. The van der Waals surface area contributed by atoms with Crippen molar-refractivity contribution in [1.29, 1.82) is 0 Å². The summed E-state index contributed by atoms with van der Waals surface area (Å²) in [5.41, 5.74) is 1.42. The molecule has 2 aromatic rings. The Kier molecular flexibility index (Phi) is 2.92. The summed E-state index contributed by atoms with van der Waals surface area (Å²) in [6, 6.07) is 10.8. The highest BCUT2D eigenvalue weighted by molar-refractivity contribution is 7.50. The van der Waals surface area contributed by atoms with Gasteiger partial charge in [0, 0.05) is 11.6 Å². The van der Waals surface area contributed by atoms with E-state index in [2.05, 4.69) is 5.16 Å². The molecule has 0 bridgehead atoms. The fourth-order valence-corrected chi connectivity index (χ4v) is 1.89. The number of hydrogen-bond acceptors (Lipinski definition) is 3. The van der Waals surface area contributed by atoms with Crippen LogP contribution in [0.5, 0.6) is 0 Å². The third-order valence-corrected chi connectivity index (χ3v) is 2.71. The minimum atomic E-state index is -4.10. The third kappa shape index (κ3) is 2.79. The highest BCUT2D eigenvalue weighted by Crippen LogP contribution is 2.39. The van der Waals surface area contributed by atoms with Crippen LogP contribution in [0.3, 0.4) is 0 Å². The first-order valence-electron chi connectivity index (χ1n) is 4.60. The highest BCUT2D eigenvalue weighted by atomic mass is 31.2. The lowest BCUT2D eigenvalue weighted by atomic mass is 10.1. The van der Waals surface area contributed by atoms with Gasteiger partial charge in [-0.15, -0.1) is 0 Å². The second-order valence-corrected chi connectivity index (χ2v) is 5.01. The first kappa shape index (κ1) is 11.1. The van der Waals surface area contributed by atoms with E-state index in [9.17, 15) is 4.57 Å². The van der Waals surface area contributed by atoms with Crippen LogP contribution in [-0.4, -0.2) is 14.9 Å². The van der Waals surface area contributed by atoms with Crippen LogP contribution in [0.25, 0.3) is 11.3 Å². The van der Waals surface area contributed by atoms with Gasteiger partial charge in [-0.1, -0.05) is 35.5 Å². The minimum absolute atomic E-state index is 0.187. The SMILES string of the molecule is O=P(O)(O)Cc1cc(-c2ccccc2)no1. The summed E-state index contributed by atoms with van der Waals surface area (Å²) in [6.45, 7) is 0. The summed E-state index contributed by atoms with van der Waals surface area (Å²) in [5, 5.41) is 3.75. The first-order chi connectivity index (χ1) is 7.54. The van der Waals surface area contributed by atoms with Crippen molar-refractivity contribution < 1.29 is 18.9 Å². The van der Waals surface area contributed by atoms with Crippen LogP contribution < -0.4 is 0 Å². The molecule has 0 fully saturated rings. The smallest absolute Gasteiger partial charge is 0.333 e. The summed E-state index contributed by atoms with van der Waals surface area (Å²) in [6.07, 6.45) is -0.424. The van der Waals surface area contributed by atoms with Gasteiger partial charge in [-0.2, -0.15) is 0 Å². The van der Waals surface area contributed by atoms with Gasteiger partial charge in [0.25, 0.3) is 0 Å². The molecule has 1 aromatic carbocycles. The van der Waals surface area contributed by atoms with Gasteiger partial charge in [-0.05, 0) is 0 Å². The molecule has 1 aromatic heterocycles. The van der Waals surface area contributed by atoms with Gasteiger partial charge in [-0.25, -0.2) is 0 Å². The summed E-state index contributed by atoms with van der Waals surface area (Å²) in [7, 11) is -4.10. The number of benzene rings is 1. The number of rotatable bonds is 3. The molecule has 16 heavy (non-hydrogen) atoms. The van der Waals surface area contributed by atoms with Crippen molar-refractivity contribution >= 4 is 7.60 Å². The quantitative estimate of drug-likeness (QED) is 0.800. The lowest BCUT2D eigenvalue weighted by Crippen LogP contribution is -1.82.